The molecular weight excluding hydrogens is 296 g/mol. The maximum absolute atomic E-state index is 12.6. The average molecular weight is 318 g/mol. The molecule has 21 heavy (non-hydrogen) atoms. The summed E-state index contributed by atoms with van der Waals surface area (Å²) in [6.45, 7) is 4.59. The van der Waals surface area contributed by atoms with Gasteiger partial charge < -0.3 is 10.0 Å². The smallest absolute Gasteiger partial charge is 0.357 e. The van der Waals surface area contributed by atoms with E-state index in [1.807, 2.05) is 19.0 Å². The van der Waals surface area contributed by atoms with Crippen molar-refractivity contribution in [1.82, 2.24) is 19.4 Å². The minimum atomic E-state index is -3.87. The van der Waals surface area contributed by atoms with E-state index in [-0.39, 0.29) is 17.1 Å². The first-order valence-electron chi connectivity index (χ1n) is 6.65. The van der Waals surface area contributed by atoms with Crippen LogP contribution in [0.2, 0.25) is 0 Å². The Balaban J connectivity index is 3.08. The van der Waals surface area contributed by atoms with Crippen molar-refractivity contribution in [3.63, 3.8) is 0 Å². The van der Waals surface area contributed by atoms with Gasteiger partial charge in [0.25, 0.3) is 0 Å². The minimum absolute atomic E-state index is 0.235. The second kappa shape index (κ2) is 7.01. The lowest BCUT2D eigenvalue weighted by atomic mass is 10.4. The average Bonchev–Trinajstić information content (AvgIpc) is 2.76. The molecule has 0 unspecified atom stereocenters. The van der Waals surface area contributed by atoms with Gasteiger partial charge in [-0.3, -0.25) is 5.10 Å². The first kappa shape index (κ1) is 17.6. The number of hydrogen-bond donors (Lipinski definition) is 2. The van der Waals surface area contributed by atoms with E-state index in [0.717, 1.165) is 6.54 Å². The molecule has 0 spiro atoms. The van der Waals surface area contributed by atoms with E-state index in [1.165, 1.54) is 11.2 Å². The number of aromatic nitrogens is 2. The van der Waals surface area contributed by atoms with Gasteiger partial charge in [0.2, 0.25) is 10.0 Å². The Labute approximate surface area is 124 Å². The predicted octanol–water partition coefficient (Wildman–Crippen LogP) is 0.379. The normalized spacial score (nSPS) is 12.3. The number of carboxylic acid groups (broad SMARTS) is 1. The van der Waals surface area contributed by atoms with Crippen LogP contribution in [0.15, 0.2) is 4.90 Å². The second-order valence-corrected chi connectivity index (χ2v) is 6.86. The van der Waals surface area contributed by atoms with Crippen LogP contribution in [0.1, 0.15) is 29.5 Å². The first-order chi connectivity index (χ1) is 9.71. The molecule has 0 atom stereocenters. The summed E-state index contributed by atoms with van der Waals surface area (Å²) in [6, 6.07) is 0. The predicted molar refractivity (Wildman–Crippen MR) is 77.9 cm³/mol. The van der Waals surface area contributed by atoms with Crippen LogP contribution in [-0.2, 0) is 10.0 Å². The van der Waals surface area contributed by atoms with Crippen LogP contribution in [0.4, 0.5) is 0 Å². The van der Waals surface area contributed by atoms with E-state index in [9.17, 15) is 13.2 Å². The molecule has 0 aliphatic rings. The minimum Gasteiger partial charge on any atom is -0.476 e. The van der Waals surface area contributed by atoms with Crippen molar-refractivity contribution in [2.45, 2.75) is 25.2 Å². The zero-order valence-electron chi connectivity index (χ0n) is 12.8. The maximum atomic E-state index is 12.6. The van der Waals surface area contributed by atoms with Crippen LogP contribution < -0.4 is 0 Å². The molecule has 0 aliphatic heterocycles. The van der Waals surface area contributed by atoms with Gasteiger partial charge in [0, 0.05) is 13.1 Å². The summed E-state index contributed by atoms with van der Waals surface area (Å²) < 4.78 is 26.5. The summed E-state index contributed by atoms with van der Waals surface area (Å²) in [6.07, 6.45) is 0.666. The van der Waals surface area contributed by atoms with Crippen LogP contribution in [0.25, 0.3) is 0 Å². The zero-order valence-corrected chi connectivity index (χ0v) is 13.6. The molecule has 120 valence electrons. The molecule has 9 heteroatoms. The van der Waals surface area contributed by atoms with Crippen molar-refractivity contribution in [3.05, 3.63) is 11.4 Å². The summed E-state index contributed by atoms with van der Waals surface area (Å²) in [7, 11) is -0.0513. The second-order valence-electron chi connectivity index (χ2n) is 4.99. The number of aryl methyl sites for hydroxylation is 1. The fraction of sp³-hybridized carbons (Fsp3) is 0.667. The van der Waals surface area contributed by atoms with E-state index in [2.05, 4.69) is 10.2 Å². The number of nitrogens with zero attached hydrogens (tertiary/aromatic N) is 3. The standard InChI is InChI=1S/C12H22N4O4S/c1-5-16(8-6-7-15(3)4)21(19,20)11-9(2)13-14-10(11)12(17)18/h5-8H2,1-4H3,(H,13,14)(H,17,18). The third kappa shape index (κ3) is 4.02. The SMILES string of the molecule is CCN(CCCN(C)C)S(=O)(=O)c1c(C(=O)O)n[nH]c1C. The molecule has 0 aromatic carbocycles. The van der Waals surface area contributed by atoms with Crippen molar-refractivity contribution >= 4 is 16.0 Å². The highest BCUT2D eigenvalue weighted by molar-refractivity contribution is 7.89. The highest BCUT2D eigenvalue weighted by Gasteiger charge is 2.32. The van der Waals surface area contributed by atoms with Gasteiger partial charge in [-0.1, -0.05) is 6.92 Å². The fourth-order valence-electron chi connectivity index (χ4n) is 2.02. The molecule has 0 bridgehead atoms. The summed E-state index contributed by atoms with van der Waals surface area (Å²) in [5.41, 5.74) is -0.225. The molecule has 2 N–H and O–H groups in total. The van der Waals surface area contributed by atoms with Crippen LogP contribution in [-0.4, -0.2) is 72.6 Å². The van der Waals surface area contributed by atoms with Crippen LogP contribution in [0, 0.1) is 6.92 Å². The van der Waals surface area contributed by atoms with Gasteiger partial charge in [0.15, 0.2) is 5.69 Å². The van der Waals surface area contributed by atoms with Crippen LogP contribution in [0.3, 0.4) is 0 Å². The molecule has 0 saturated heterocycles. The van der Waals surface area contributed by atoms with Gasteiger partial charge in [-0.2, -0.15) is 9.40 Å². The van der Waals surface area contributed by atoms with E-state index >= 15 is 0 Å². The van der Waals surface area contributed by atoms with Gasteiger partial charge in [-0.25, -0.2) is 13.2 Å². The Morgan fingerprint density at radius 1 is 1.33 bits per heavy atom. The lowest BCUT2D eigenvalue weighted by molar-refractivity contribution is 0.0686. The van der Waals surface area contributed by atoms with Gasteiger partial charge >= 0.3 is 5.97 Å². The number of hydrogen-bond acceptors (Lipinski definition) is 5. The lowest BCUT2D eigenvalue weighted by Crippen LogP contribution is -2.34. The molecule has 8 nitrogen and oxygen atoms in total. The topological polar surface area (TPSA) is 107 Å². The van der Waals surface area contributed by atoms with Crippen molar-refractivity contribution in [3.8, 4) is 0 Å². The number of carboxylic acids is 1. The Morgan fingerprint density at radius 3 is 2.43 bits per heavy atom. The Hall–Kier alpha value is -1.45. The summed E-state index contributed by atoms with van der Waals surface area (Å²) in [5.74, 6) is -1.36. The molecule has 0 aliphatic carbocycles. The summed E-state index contributed by atoms with van der Waals surface area (Å²) in [5, 5.41) is 15.1. The number of H-pyrrole nitrogens is 1. The highest BCUT2D eigenvalue weighted by atomic mass is 32.2. The molecule has 0 radical (unpaired) electrons. The molecule has 0 fully saturated rings. The molecule has 0 amide bonds. The highest BCUT2D eigenvalue weighted by Crippen LogP contribution is 2.22. The molecule has 1 aromatic rings. The monoisotopic (exact) mass is 318 g/mol. The van der Waals surface area contributed by atoms with E-state index in [0.29, 0.717) is 13.0 Å². The van der Waals surface area contributed by atoms with E-state index in [1.54, 1.807) is 6.92 Å². The van der Waals surface area contributed by atoms with Crippen molar-refractivity contribution in [1.29, 1.82) is 0 Å². The van der Waals surface area contributed by atoms with Gasteiger partial charge in [-0.05, 0) is 34.0 Å². The number of nitrogens with one attached hydrogen (secondary N) is 1. The van der Waals surface area contributed by atoms with Crippen LogP contribution >= 0.6 is 0 Å². The van der Waals surface area contributed by atoms with E-state index in [4.69, 9.17) is 5.11 Å². The summed E-state index contributed by atoms with van der Waals surface area (Å²) in [4.78, 5) is 12.8. The largest absolute Gasteiger partial charge is 0.476 e. The van der Waals surface area contributed by atoms with Gasteiger partial charge in [0.1, 0.15) is 4.90 Å². The third-order valence-corrected chi connectivity index (χ3v) is 5.19. The number of rotatable bonds is 8. The molecule has 1 rings (SSSR count). The third-order valence-electron chi connectivity index (χ3n) is 3.06. The number of aromatic carboxylic acids is 1. The Morgan fingerprint density at radius 2 is 1.95 bits per heavy atom. The lowest BCUT2D eigenvalue weighted by Gasteiger charge is -2.21. The molecule has 1 heterocycles. The quantitative estimate of drug-likeness (QED) is 0.717. The van der Waals surface area contributed by atoms with Crippen LogP contribution in [0.5, 0.6) is 0 Å². The number of aromatic amines is 1. The molecular formula is C12H22N4O4S. The van der Waals surface area contributed by atoms with Crippen molar-refractivity contribution < 1.29 is 18.3 Å². The van der Waals surface area contributed by atoms with Gasteiger partial charge in [-0.15, -0.1) is 0 Å². The Bertz CT molecular complexity index is 594. The zero-order chi connectivity index (χ0) is 16.2. The van der Waals surface area contributed by atoms with Gasteiger partial charge in [0.05, 0.1) is 5.69 Å². The number of carbonyl (C=O) groups is 1. The number of sulfonamides is 1. The Kier molecular flexibility index (Phi) is 5.87. The van der Waals surface area contributed by atoms with Crippen molar-refractivity contribution in [2.75, 3.05) is 33.7 Å². The van der Waals surface area contributed by atoms with E-state index < -0.39 is 21.7 Å². The molecule has 0 saturated carbocycles. The maximum Gasteiger partial charge on any atom is 0.357 e. The first-order valence-corrected chi connectivity index (χ1v) is 8.09. The fourth-order valence-corrected chi connectivity index (χ4v) is 3.80. The van der Waals surface area contributed by atoms with Crippen molar-refractivity contribution in [2.24, 2.45) is 0 Å². The summed E-state index contributed by atoms with van der Waals surface area (Å²) >= 11 is 0. The molecule has 1 aromatic heterocycles.